The highest BCUT2D eigenvalue weighted by molar-refractivity contribution is 6.02. The van der Waals surface area contributed by atoms with Crippen LogP contribution in [0.1, 0.15) is 28.8 Å². The fourth-order valence-corrected chi connectivity index (χ4v) is 3.86. The maximum atomic E-state index is 12.4. The van der Waals surface area contributed by atoms with Crippen molar-refractivity contribution in [2.24, 2.45) is 0 Å². The molecule has 0 unspecified atom stereocenters. The number of rotatable bonds is 3. The number of hydrogen-bond donors (Lipinski definition) is 2. The van der Waals surface area contributed by atoms with Gasteiger partial charge in [0.05, 0.1) is 5.56 Å². The molecule has 136 valence electrons. The molecular weight excluding hydrogens is 324 g/mol. The Hall–Kier alpha value is -2.53. The van der Waals surface area contributed by atoms with Gasteiger partial charge in [-0.15, -0.1) is 0 Å². The first-order valence-electron chi connectivity index (χ1n) is 9.23. The summed E-state index contributed by atoms with van der Waals surface area (Å²) >= 11 is 0. The van der Waals surface area contributed by atoms with E-state index in [1.165, 1.54) is 11.3 Å². The first kappa shape index (κ1) is 16.9. The van der Waals surface area contributed by atoms with Gasteiger partial charge in [0.25, 0.3) is 5.91 Å². The van der Waals surface area contributed by atoms with Gasteiger partial charge in [0, 0.05) is 57.9 Å². The van der Waals surface area contributed by atoms with E-state index in [-0.39, 0.29) is 11.6 Å². The lowest BCUT2D eigenvalue weighted by Gasteiger charge is -2.46. The van der Waals surface area contributed by atoms with Crippen molar-refractivity contribution in [2.75, 3.05) is 37.4 Å². The van der Waals surface area contributed by atoms with Crippen LogP contribution >= 0.6 is 0 Å². The molecule has 4 rings (SSSR count). The molecular formula is C21H26N4O. The van der Waals surface area contributed by atoms with Crippen molar-refractivity contribution in [3.05, 3.63) is 59.7 Å². The molecule has 2 heterocycles. The highest BCUT2D eigenvalue weighted by atomic mass is 16.2. The minimum Gasteiger partial charge on any atom is -0.378 e. The van der Waals surface area contributed by atoms with Crippen molar-refractivity contribution < 1.29 is 4.79 Å². The zero-order valence-electron chi connectivity index (χ0n) is 15.5. The monoisotopic (exact) mass is 350 g/mol. The zero-order valence-corrected chi connectivity index (χ0v) is 15.5. The van der Waals surface area contributed by atoms with E-state index < -0.39 is 0 Å². The third-order valence-corrected chi connectivity index (χ3v) is 5.47. The van der Waals surface area contributed by atoms with Gasteiger partial charge in [-0.2, -0.15) is 0 Å². The molecule has 0 bridgehead atoms. The molecule has 0 radical (unpaired) electrons. The molecule has 1 amide bonds. The molecule has 2 aliphatic rings. The number of hydrogen-bond acceptors (Lipinski definition) is 4. The summed E-state index contributed by atoms with van der Waals surface area (Å²) in [6.07, 6.45) is 1.81. The average molecular weight is 350 g/mol. The van der Waals surface area contributed by atoms with Crippen LogP contribution in [0.15, 0.2) is 48.5 Å². The Morgan fingerprint density at radius 2 is 1.69 bits per heavy atom. The second kappa shape index (κ2) is 6.65. The first-order chi connectivity index (χ1) is 12.5. The molecule has 2 N–H and O–H groups in total. The summed E-state index contributed by atoms with van der Waals surface area (Å²) < 4.78 is 0. The average Bonchev–Trinajstić information content (AvgIpc) is 2.64. The summed E-state index contributed by atoms with van der Waals surface area (Å²) in [5, 5.41) is 6.79. The molecule has 1 saturated heterocycles. The molecule has 2 aromatic rings. The molecule has 5 heteroatoms. The quantitative estimate of drug-likeness (QED) is 0.894. The van der Waals surface area contributed by atoms with E-state index in [4.69, 9.17) is 0 Å². The van der Waals surface area contributed by atoms with Crippen LogP contribution < -0.4 is 15.5 Å². The number of benzene rings is 2. The second-order valence-corrected chi connectivity index (χ2v) is 7.54. The maximum absolute atomic E-state index is 12.4. The molecule has 26 heavy (non-hydrogen) atoms. The van der Waals surface area contributed by atoms with E-state index >= 15 is 0 Å². The fourth-order valence-electron chi connectivity index (χ4n) is 3.86. The van der Waals surface area contributed by atoms with Gasteiger partial charge in [-0.1, -0.05) is 24.3 Å². The highest BCUT2D eigenvalue weighted by Crippen LogP contribution is 2.31. The third kappa shape index (κ3) is 3.27. The fraction of sp³-hybridized carbons (Fsp3) is 0.381. The summed E-state index contributed by atoms with van der Waals surface area (Å²) in [7, 11) is 4.12. The van der Waals surface area contributed by atoms with Crippen LogP contribution in [0.2, 0.25) is 0 Å². The van der Waals surface area contributed by atoms with Crippen LogP contribution in [-0.2, 0) is 6.54 Å². The van der Waals surface area contributed by atoms with Crippen molar-refractivity contribution in [3.63, 3.8) is 0 Å². The largest absolute Gasteiger partial charge is 0.378 e. The van der Waals surface area contributed by atoms with Crippen LogP contribution in [-0.4, -0.2) is 43.7 Å². The third-order valence-electron chi connectivity index (χ3n) is 5.47. The Morgan fingerprint density at radius 1 is 1.00 bits per heavy atom. The van der Waals surface area contributed by atoms with Crippen molar-refractivity contribution >= 4 is 17.3 Å². The number of carbonyl (C=O) groups excluding carboxylic acids is 1. The lowest BCUT2D eigenvalue weighted by Crippen LogP contribution is -2.62. The van der Waals surface area contributed by atoms with Crippen molar-refractivity contribution in [1.29, 1.82) is 0 Å². The van der Waals surface area contributed by atoms with Crippen LogP contribution in [0, 0.1) is 0 Å². The molecule has 0 atom stereocenters. The zero-order chi connectivity index (χ0) is 18.1. The van der Waals surface area contributed by atoms with Gasteiger partial charge in [-0.05, 0) is 29.8 Å². The van der Waals surface area contributed by atoms with E-state index in [2.05, 4.69) is 58.8 Å². The van der Waals surface area contributed by atoms with Gasteiger partial charge in [-0.25, -0.2) is 0 Å². The minimum atomic E-state index is -0.309. The lowest BCUT2D eigenvalue weighted by atomic mass is 9.92. The van der Waals surface area contributed by atoms with E-state index in [1.54, 1.807) is 0 Å². The first-order valence-corrected chi connectivity index (χ1v) is 9.23. The molecule has 1 spiro atoms. The van der Waals surface area contributed by atoms with Gasteiger partial charge >= 0.3 is 0 Å². The van der Waals surface area contributed by atoms with Crippen LogP contribution in [0.3, 0.4) is 0 Å². The number of anilines is 2. The van der Waals surface area contributed by atoms with Gasteiger partial charge in [0.2, 0.25) is 0 Å². The van der Waals surface area contributed by atoms with Crippen molar-refractivity contribution in [3.8, 4) is 0 Å². The molecule has 2 aliphatic heterocycles. The number of fused-ring (bicyclic) bond motifs is 1. The number of para-hydroxylation sites is 1. The highest BCUT2D eigenvalue weighted by Gasteiger charge is 2.39. The summed E-state index contributed by atoms with van der Waals surface area (Å²) in [4.78, 5) is 17.0. The summed E-state index contributed by atoms with van der Waals surface area (Å²) in [5.74, 6) is 0.0343. The summed E-state index contributed by atoms with van der Waals surface area (Å²) in [6.45, 7) is 2.88. The van der Waals surface area contributed by atoms with Crippen LogP contribution in [0.5, 0.6) is 0 Å². The molecule has 0 saturated carbocycles. The van der Waals surface area contributed by atoms with Crippen LogP contribution in [0.4, 0.5) is 11.4 Å². The normalized spacial score (nSPS) is 18.8. The number of nitrogens with one attached hydrogen (secondary N) is 2. The predicted octanol–water partition coefficient (Wildman–Crippen LogP) is 2.90. The molecule has 1 fully saturated rings. The number of likely N-dealkylation sites (tertiary alicyclic amines) is 1. The topological polar surface area (TPSA) is 47.6 Å². The van der Waals surface area contributed by atoms with E-state index in [0.717, 1.165) is 43.7 Å². The van der Waals surface area contributed by atoms with Gasteiger partial charge in [-0.3, -0.25) is 9.69 Å². The Bertz CT molecular complexity index is 792. The smallest absolute Gasteiger partial charge is 0.255 e. The van der Waals surface area contributed by atoms with Gasteiger partial charge < -0.3 is 15.5 Å². The van der Waals surface area contributed by atoms with E-state index in [1.807, 2.05) is 24.3 Å². The number of amides is 1. The minimum absolute atomic E-state index is 0.0343. The van der Waals surface area contributed by atoms with E-state index in [9.17, 15) is 4.79 Å². The summed E-state index contributed by atoms with van der Waals surface area (Å²) in [6, 6.07) is 16.5. The SMILES string of the molecule is CN(C)c1ccc(CN2CCC3(CC2)NC(=O)c2ccccc2N3)cc1. The Kier molecular flexibility index (Phi) is 4.32. The molecule has 2 aromatic carbocycles. The maximum Gasteiger partial charge on any atom is 0.255 e. The van der Waals surface area contributed by atoms with Gasteiger partial charge in [0.15, 0.2) is 0 Å². The van der Waals surface area contributed by atoms with E-state index in [0.29, 0.717) is 0 Å². The second-order valence-electron chi connectivity index (χ2n) is 7.54. The Morgan fingerprint density at radius 3 is 2.38 bits per heavy atom. The Labute approximate surface area is 155 Å². The van der Waals surface area contributed by atoms with Crippen molar-refractivity contribution in [2.45, 2.75) is 25.0 Å². The molecule has 5 nitrogen and oxygen atoms in total. The molecule has 0 aliphatic carbocycles. The van der Waals surface area contributed by atoms with Gasteiger partial charge in [0.1, 0.15) is 5.66 Å². The number of piperidine rings is 1. The number of carbonyl (C=O) groups is 1. The predicted molar refractivity (Wildman–Crippen MR) is 106 cm³/mol. The standard InChI is InChI=1S/C21H26N4O/c1-24(2)17-9-7-16(8-10-17)15-25-13-11-21(12-14-25)22-19-6-4-3-5-18(19)20(26)23-21/h3-10,22H,11-15H2,1-2H3,(H,23,26). The lowest BCUT2D eigenvalue weighted by molar-refractivity contribution is 0.0822. The van der Waals surface area contributed by atoms with Crippen molar-refractivity contribution in [1.82, 2.24) is 10.2 Å². The van der Waals surface area contributed by atoms with Crippen LogP contribution in [0.25, 0.3) is 0 Å². The Balaban J connectivity index is 1.39. The number of nitrogens with zero attached hydrogens (tertiary/aromatic N) is 2. The summed E-state index contributed by atoms with van der Waals surface area (Å²) in [5.41, 5.74) is 3.93. The molecule has 0 aromatic heterocycles.